The van der Waals surface area contributed by atoms with Gasteiger partial charge in [0.2, 0.25) is 0 Å². The summed E-state index contributed by atoms with van der Waals surface area (Å²) in [7, 11) is 2.16. The maximum absolute atomic E-state index is 4.53. The molecule has 1 unspecified atom stereocenters. The molecule has 1 nitrogen and oxygen atoms in total. The summed E-state index contributed by atoms with van der Waals surface area (Å²) in [6.07, 6.45) is 0. The van der Waals surface area contributed by atoms with E-state index in [0.29, 0.717) is 5.92 Å². The Morgan fingerprint density at radius 3 is 2.15 bits per heavy atom. The Hall–Kier alpha value is -1.41. The van der Waals surface area contributed by atoms with E-state index in [4.69, 9.17) is 0 Å². The average Bonchev–Trinajstić information content (AvgIpc) is 2.44. The molecular weight excluding hydrogens is 262 g/mol. The van der Waals surface area contributed by atoms with Crippen LogP contribution in [0, 0.1) is 13.8 Å². The summed E-state index contributed by atoms with van der Waals surface area (Å²) in [6, 6.07) is 17.3. The van der Waals surface area contributed by atoms with Gasteiger partial charge in [0, 0.05) is 25.2 Å². The average molecular weight is 285 g/mol. The number of likely N-dealkylation sites (N-methyl/N-ethyl adjacent to an activating group) is 1. The number of thiol groups is 1. The molecule has 2 rings (SSSR count). The summed E-state index contributed by atoms with van der Waals surface area (Å²) in [4.78, 5) is 2.33. The lowest BCUT2D eigenvalue weighted by Gasteiger charge is -2.26. The molecule has 106 valence electrons. The minimum Gasteiger partial charge on any atom is -0.374 e. The van der Waals surface area contributed by atoms with E-state index < -0.39 is 0 Å². The molecule has 2 heteroatoms. The van der Waals surface area contributed by atoms with E-state index in [0.717, 1.165) is 12.3 Å². The molecule has 1 atom stereocenters. The van der Waals surface area contributed by atoms with E-state index in [2.05, 4.69) is 87.0 Å². The first kappa shape index (κ1) is 15.0. The molecule has 0 fully saturated rings. The largest absolute Gasteiger partial charge is 0.374 e. The zero-order valence-corrected chi connectivity index (χ0v) is 13.4. The highest BCUT2D eigenvalue weighted by Crippen LogP contribution is 2.23. The van der Waals surface area contributed by atoms with Crippen LogP contribution in [0.5, 0.6) is 0 Å². The molecular formula is C18H23NS. The van der Waals surface area contributed by atoms with Crippen LogP contribution in [0.15, 0.2) is 48.5 Å². The van der Waals surface area contributed by atoms with Crippen LogP contribution in [-0.2, 0) is 0 Å². The predicted molar refractivity (Wildman–Crippen MR) is 92.2 cm³/mol. The Labute approximate surface area is 128 Å². The molecule has 2 aromatic carbocycles. The molecule has 0 spiro atoms. The molecule has 0 aliphatic carbocycles. The second-order valence-corrected chi connectivity index (χ2v) is 5.88. The third-order valence-corrected chi connectivity index (χ3v) is 4.07. The van der Waals surface area contributed by atoms with Gasteiger partial charge in [-0.05, 0) is 48.4 Å². The molecule has 0 N–H and O–H groups in total. The first-order valence-corrected chi connectivity index (χ1v) is 7.68. The third-order valence-electron chi connectivity index (χ3n) is 3.63. The molecule has 0 aromatic heterocycles. The van der Waals surface area contributed by atoms with Gasteiger partial charge in [0.05, 0.1) is 0 Å². The van der Waals surface area contributed by atoms with Crippen molar-refractivity contribution >= 4 is 18.3 Å². The number of anilines is 1. The highest BCUT2D eigenvalue weighted by Gasteiger charge is 2.13. The molecule has 0 saturated carbocycles. The summed E-state index contributed by atoms with van der Waals surface area (Å²) in [6.45, 7) is 5.28. The lowest BCUT2D eigenvalue weighted by atomic mass is 10.00. The van der Waals surface area contributed by atoms with Crippen LogP contribution in [-0.4, -0.2) is 19.3 Å². The van der Waals surface area contributed by atoms with Crippen molar-refractivity contribution < 1.29 is 0 Å². The normalized spacial score (nSPS) is 12.2. The number of benzene rings is 2. The fourth-order valence-electron chi connectivity index (χ4n) is 2.60. The second kappa shape index (κ2) is 6.85. The lowest BCUT2D eigenvalue weighted by molar-refractivity contribution is 0.744. The maximum Gasteiger partial charge on any atom is 0.0369 e. The lowest BCUT2D eigenvalue weighted by Crippen LogP contribution is -2.25. The third kappa shape index (κ3) is 3.80. The van der Waals surface area contributed by atoms with Gasteiger partial charge in [-0.25, -0.2) is 0 Å². The molecule has 20 heavy (non-hydrogen) atoms. The number of rotatable bonds is 5. The Morgan fingerprint density at radius 1 is 1.00 bits per heavy atom. The van der Waals surface area contributed by atoms with Crippen LogP contribution < -0.4 is 4.90 Å². The van der Waals surface area contributed by atoms with Crippen molar-refractivity contribution in [1.82, 2.24) is 0 Å². The predicted octanol–water partition coefficient (Wildman–Crippen LogP) is 4.45. The van der Waals surface area contributed by atoms with Gasteiger partial charge in [-0.15, -0.1) is 0 Å². The number of hydrogen-bond acceptors (Lipinski definition) is 2. The van der Waals surface area contributed by atoms with E-state index in [9.17, 15) is 0 Å². The Morgan fingerprint density at radius 2 is 1.60 bits per heavy atom. The summed E-state index contributed by atoms with van der Waals surface area (Å²) >= 11 is 4.53. The SMILES string of the molecule is Cc1cc(C)cc(N(C)CC(CS)c2ccccc2)c1. The molecule has 0 radical (unpaired) electrons. The standard InChI is InChI=1S/C18H23NS/c1-14-9-15(2)11-18(10-14)19(3)12-17(13-20)16-7-5-4-6-8-16/h4-11,17,20H,12-13H2,1-3H3. The fourth-order valence-corrected chi connectivity index (χ4v) is 2.93. The molecule has 0 heterocycles. The molecule has 0 aliphatic rings. The number of nitrogens with zero attached hydrogens (tertiary/aromatic N) is 1. The van der Waals surface area contributed by atoms with Crippen LogP contribution in [0.1, 0.15) is 22.6 Å². The van der Waals surface area contributed by atoms with Crippen molar-refractivity contribution in [1.29, 1.82) is 0 Å². The van der Waals surface area contributed by atoms with E-state index in [1.54, 1.807) is 0 Å². The second-order valence-electron chi connectivity index (χ2n) is 5.52. The van der Waals surface area contributed by atoms with Gasteiger partial charge in [0.15, 0.2) is 0 Å². The highest BCUT2D eigenvalue weighted by molar-refractivity contribution is 7.80. The molecule has 0 bridgehead atoms. The van der Waals surface area contributed by atoms with Gasteiger partial charge >= 0.3 is 0 Å². The van der Waals surface area contributed by atoms with Crippen LogP contribution in [0.4, 0.5) is 5.69 Å². The van der Waals surface area contributed by atoms with Gasteiger partial charge < -0.3 is 4.90 Å². The van der Waals surface area contributed by atoms with Crippen LogP contribution in [0.3, 0.4) is 0 Å². The van der Waals surface area contributed by atoms with E-state index in [1.165, 1.54) is 22.4 Å². The van der Waals surface area contributed by atoms with Gasteiger partial charge in [-0.2, -0.15) is 12.6 Å². The molecule has 2 aromatic rings. The molecule has 0 amide bonds. The number of aryl methyl sites for hydroxylation is 2. The summed E-state index contributed by atoms with van der Waals surface area (Å²) in [5.41, 5.74) is 5.27. The quantitative estimate of drug-likeness (QED) is 0.794. The number of hydrogen-bond donors (Lipinski definition) is 1. The summed E-state index contributed by atoms with van der Waals surface area (Å²) < 4.78 is 0. The Balaban J connectivity index is 2.15. The fraction of sp³-hybridized carbons (Fsp3) is 0.333. The van der Waals surface area contributed by atoms with E-state index >= 15 is 0 Å². The maximum atomic E-state index is 4.53. The summed E-state index contributed by atoms with van der Waals surface area (Å²) in [5.74, 6) is 1.31. The minimum absolute atomic E-state index is 0.449. The smallest absolute Gasteiger partial charge is 0.0369 e. The van der Waals surface area contributed by atoms with Crippen molar-refractivity contribution in [3.8, 4) is 0 Å². The summed E-state index contributed by atoms with van der Waals surface area (Å²) in [5, 5.41) is 0. The highest BCUT2D eigenvalue weighted by atomic mass is 32.1. The van der Waals surface area contributed by atoms with E-state index in [1.807, 2.05) is 0 Å². The first-order valence-electron chi connectivity index (χ1n) is 7.05. The van der Waals surface area contributed by atoms with Gasteiger partial charge in [0.1, 0.15) is 0 Å². The Bertz CT molecular complexity index is 530. The van der Waals surface area contributed by atoms with Crippen LogP contribution >= 0.6 is 12.6 Å². The van der Waals surface area contributed by atoms with Gasteiger partial charge in [-0.1, -0.05) is 36.4 Å². The first-order chi connectivity index (χ1) is 9.60. The van der Waals surface area contributed by atoms with Crippen molar-refractivity contribution in [3.63, 3.8) is 0 Å². The monoisotopic (exact) mass is 285 g/mol. The Kier molecular flexibility index (Phi) is 5.13. The van der Waals surface area contributed by atoms with Crippen molar-refractivity contribution in [2.45, 2.75) is 19.8 Å². The van der Waals surface area contributed by atoms with Crippen molar-refractivity contribution in [2.75, 3.05) is 24.2 Å². The minimum atomic E-state index is 0.449. The zero-order chi connectivity index (χ0) is 14.5. The van der Waals surface area contributed by atoms with Gasteiger partial charge in [-0.3, -0.25) is 0 Å². The van der Waals surface area contributed by atoms with Crippen LogP contribution in [0.25, 0.3) is 0 Å². The van der Waals surface area contributed by atoms with Gasteiger partial charge in [0.25, 0.3) is 0 Å². The van der Waals surface area contributed by atoms with Crippen molar-refractivity contribution in [2.24, 2.45) is 0 Å². The zero-order valence-electron chi connectivity index (χ0n) is 12.5. The topological polar surface area (TPSA) is 3.24 Å². The molecule has 0 saturated heterocycles. The van der Waals surface area contributed by atoms with Crippen molar-refractivity contribution in [3.05, 3.63) is 65.2 Å². The molecule has 0 aliphatic heterocycles. The van der Waals surface area contributed by atoms with Crippen LogP contribution in [0.2, 0.25) is 0 Å². The van der Waals surface area contributed by atoms with E-state index in [-0.39, 0.29) is 0 Å².